The lowest BCUT2D eigenvalue weighted by Crippen LogP contribution is -2.36. The zero-order valence-corrected chi connectivity index (χ0v) is 19.4. The van der Waals surface area contributed by atoms with Crippen LogP contribution in [0, 0.1) is 0 Å². The van der Waals surface area contributed by atoms with E-state index in [2.05, 4.69) is 15.6 Å². The number of hydrogen-bond acceptors (Lipinski definition) is 4. The number of benzene rings is 2. The highest BCUT2D eigenvalue weighted by atomic mass is 16.5. The van der Waals surface area contributed by atoms with E-state index in [1.54, 1.807) is 25.2 Å². The van der Waals surface area contributed by atoms with Crippen LogP contribution in [0.3, 0.4) is 0 Å². The molecule has 1 amide bonds. The molecule has 7 nitrogen and oxygen atoms in total. The quantitative estimate of drug-likeness (QED) is 0.389. The van der Waals surface area contributed by atoms with Crippen molar-refractivity contribution in [2.75, 3.05) is 20.6 Å². The first-order chi connectivity index (χ1) is 16.0. The largest absolute Gasteiger partial charge is 0.487 e. The van der Waals surface area contributed by atoms with E-state index in [-0.39, 0.29) is 5.91 Å². The number of aromatic nitrogens is 1. The molecule has 0 fully saturated rings. The molecule has 1 heterocycles. The number of carbonyl (C=O) groups is 1. The van der Waals surface area contributed by atoms with Crippen molar-refractivity contribution in [3.05, 3.63) is 95.3 Å². The van der Waals surface area contributed by atoms with Gasteiger partial charge in [0.1, 0.15) is 12.4 Å². The minimum absolute atomic E-state index is 0.00403. The molecule has 0 aliphatic heterocycles. The van der Waals surface area contributed by atoms with Crippen LogP contribution in [-0.4, -0.2) is 42.4 Å². The Morgan fingerprint density at radius 1 is 1.00 bits per heavy atom. The zero-order valence-electron chi connectivity index (χ0n) is 19.4. The molecule has 172 valence electrons. The first kappa shape index (κ1) is 23.8. The minimum atomic E-state index is -0.00403. The third-order valence-corrected chi connectivity index (χ3v) is 4.84. The van der Waals surface area contributed by atoms with E-state index < -0.39 is 0 Å². The monoisotopic (exact) mass is 445 g/mol. The van der Waals surface area contributed by atoms with Crippen LogP contribution in [0.5, 0.6) is 5.75 Å². The molecule has 0 bridgehead atoms. The summed E-state index contributed by atoms with van der Waals surface area (Å²) in [7, 11) is 3.50. The van der Waals surface area contributed by atoms with Crippen LogP contribution in [0.4, 0.5) is 0 Å². The van der Waals surface area contributed by atoms with Gasteiger partial charge in [0.05, 0.1) is 12.2 Å². The van der Waals surface area contributed by atoms with Gasteiger partial charge in [-0.3, -0.25) is 9.78 Å². The van der Waals surface area contributed by atoms with Crippen LogP contribution in [0.15, 0.2) is 77.9 Å². The highest BCUT2D eigenvalue weighted by Gasteiger charge is 2.07. The summed E-state index contributed by atoms with van der Waals surface area (Å²) >= 11 is 0. The second-order valence-electron chi connectivity index (χ2n) is 7.70. The molecule has 1 aromatic heterocycles. The topological polar surface area (TPSA) is 78.9 Å². The van der Waals surface area contributed by atoms with Crippen LogP contribution >= 0.6 is 0 Å². The Kier molecular flexibility index (Phi) is 8.82. The van der Waals surface area contributed by atoms with Crippen LogP contribution in [0.1, 0.15) is 34.1 Å². The second kappa shape index (κ2) is 12.2. The van der Waals surface area contributed by atoms with Gasteiger partial charge in [0, 0.05) is 38.9 Å². The lowest BCUT2D eigenvalue weighted by atomic mass is 10.1. The van der Waals surface area contributed by atoms with Crippen molar-refractivity contribution in [3.8, 4) is 5.75 Å². The number of nitrogens with one attached hydrogen (secondary N) is 2. The Morgan fingerprint density at radius 2 is 1.82 bits per heavy atom. The fraction of sp³-hybridized carbons (Fsp3) is 0.269. The van der Waals surface area contributed by atoms with E-state index in [1.165, 1.54) is 0 Å². The Hall–Kier alpha value is -3.87. The van der Waals surface area contributed by atoms with Crippen LogP contribution in [0.2, 0.25) is 0 Å². The van der Waals surface area contributed by atoms with Gasteiger partial charge in [0.15, 0.2) is 5.96 Å². The van der Waals surface area contributed by atoms with Gasteiger partial charge in [0.25, 0.3) is 5.91 Å². The molecule has 2 aromatic carbocycles. The highest BCUT2D eigenvalue weighted by molar-refractivity contribution is 5.93. The Bertz CT molecular complexity index is 1050. The normalized spacial score (nSPS) is 11.1. The summed E-state index contributed by atoms with van der Waals surface area (Å²) in [6.45, 7) is 4.35. The summed E-state index contributed by atoms with van der Waals surface area (Å²) in [5, 5.41) is 6.61. The van der Waals surface area contributed by atoms with Crippen LogP contribution in [0.25, 0.3) is 0 Å². The van der Waals surface area contributed by atoms with Crippen molar-refractivity contribution in [2.45, 2.75) is 26.6 Å². The maximum Gasteiger partial charge on any atom is 0.253 e. The molecule has 0 unspecified atom stereocenters. The van der Waals surface area contributed by atoms with Crippen molar-refractivity contribution in [3.63, 3.8) is 0 Å². The van der Waals surface area contributed by atoms with E-state index in [1.807, 2.05) is 73.7 Å². The minimum Gasteiger partial charge on any atom is -0.487 e. The highest BCUT2D eigenvalue weighted by Crippen LogP contribution is 2.15. The number of nitrogens with zero attached hydrogens (tertiary/aromatic N) is 3. The molecule has 7 heteroatoms. The van der Waals surface area contributed by atoms with Gasteiger partial charge in [-0.1, -0.05) is 30.3 Å². The molecule has 0 saturated heterocycles. The smallest absolute Gasteiger partial charge is 0.253 e. The standard InChI is InChI=1S/C26H31N5O2/c1-4-27-26(29-17-20-11-13-22(14-12-20)25(32)31(2)3)30-18-21-8-7-10-24(16-21)33-19-23-9-5-6-15-28-23/h5-16H,4,17-19H2,1-3H3,(H2,27,29,30). The lowest BCUT2D eigenvalue weighted by Gasteiger charge is -2.13. The van der Waals surface area contributed by atoms with Crippen molar-refractivity contribution >= 4 is 11.9 Å². The SMILES string of the molecule is CCNC(=NCc1cccc(OCc2ccccn2)c1)NCc1ccc(C(=O)N(C)C)cc1. The summed E-state index contributed by atoms with van der Waals surface area (Å²) in [6.07, 6.45) is 1.76. The lowest BCUT2D eigenvalue weighted by molar-refractivity contribution is 0.0827. The van der Waals surface area contributed by atoms with Crippen molar-refractivity contribution in [1.82, 2.24) is 20.5 Å². The number of guanidine groups is 1. The van der Waals surface area contributed by atoms with Crippen molar-refractivity contribution < 1.29 is 9.53 Å². The van der Waals surface area contributed by atoms with Gasteiger partial charge in [-0.2, -0.15) is 0 Å². The fourth-order valence-electron chi connectivity index (χ4n) is 3.10. The van der Waals surface area contributed by atoms with Crippen LogP contribution in [-0.2, 0) is 19.7 Å². The molecule has 0 aliphatic rings. The average Bonchev–Trinajstić information content (AvgIpc) is 2.85. The first-order valence-corrected chi connectivity index (χ1v) is 11.0. The molecule has 2 N–H and O–H groups in total. The predicted molar refractivity (Wildman–Crippen MR) is 131 cm³/mol. The fourth-order valence-corrected chi connectivity index (χ4v) is 3.10. The second-order valence-corrected chi connectivity index (χ2v) is 7.70. The molecule has 0 saturated carbocycles. The summed E-state index contributed by atoms with van der Waals surface area (Å²) in [6, 6.07) is 21.3. The molecule has 0 aliphatic carbocycles. The maximum atomic E-state index is 12.0. The van der Waals surface area contributed by atoms with E-state index in [0.717, 1.165) is 35.1 Å². The van der Waals surface area contributed by atoms with Gasteiger partial charge in [-0.25, -0.2) is 4.99 Å². The molecule has 0 radical (unpaired) electrons. The van der Waals surface area contributed by atoms with Gasteiger partial charge < -0.3 is 20.3 Å². The number of rotatable bonds is 9. The summed E-state index contributed by atoms with van der Waals surface area (Å²) in [5.74, 6) is 1.51. The van der Waals surface area contributed by atoms with E-state index in [0.29, 0.717) is 25.3 Å². The van der Waals surface area contributed by atoms with Crippen molar-refractivity contribution in [2.24, 2.45) is 4.99 Å². The third kappa shape index (κ3) is 7.64. The average molecular weight is 446 g/mol. The summed E-state index contributed by atoms with van der Waals surface area (Å²) in [5.41, 5.74) is 3.69. The number of hydrogen-bond donors (Lipinski definition) is 2. The Labute approximate surface area is 195 Å². The number of amides is 1. The molecular formula is C26H31N5O2. The third-order valence-electron chi connectivity index (χ3n) is 4.84. The van der Waals surface area contributed by atoms with Gasteiger partial charge in [-0.05, 0) is 54.4 Å². The Morgan fingerprint density at radius 3 is 2.52 bits per heavy atom. The molecule has 33 heavy (non-hydrogen) atoms. The van der Waals surface area contributed by atoms with Gasteiger partial charge in [0.2, 0.25) is 0 Å². The maximum absolute atomic E-state index is 12.0. The molecular weight excluding hydrogens is 414 g/mol. The van der Waals surface area contributed by atoms with Crippen LogP contribution < -0.4 is 15.4 Å². The number of pyridine rings is 1. The zero-order chi connectivity index (χ0) is 23.5. The van der Waals surface area contributed by atoms with Gasteiger partial charge in [-0.15, -0.1) is 0 Å². The summed E-state index contributed by atoms with van der Waals surface area (Å²) < 4.78 is 5.86. The molecule has 3 rings (SSSR count). The first-order valence-electron chi connectivity index (χ1n) is 11.0. The summed E-state index contributed by atoms with van der Waals surface area (Å²) in [4.78, 5) is 22.6. The molecule has 3 aromatic rings. The predicted octanol–water partition coefficient (Wildman–Crippen LogP) is 3.62. The van der Waals surface area contributed by atoms with E-state index >= 15 is 0 Å². The molecule has 0 spiro atoms. The van der Waals surface area contributed by atoms with Crippen molar-refractivity contribution in [1.29, 1.82) is 0 Å². The number of aliphatic imine (C=N–C) groups is 1. The van der Waals surface area contributed by atoms with E-state index in [9.17, 15) is 4.79 Å². The Balaban J connectivity index is 1.56. The molecule has 0 atom stereocenters. The number of ether oxygens (including phenoxy) is 1. The van der Waals surface area contributed by atoms with Gasteiger partial charge >= 0.3 is 0 Å². The number of carbonyl (C=O) groups excluding carboxylic acids is 1. The van der Waals surface area contributed by atoms with E-state index in [4.69, 9.17) is 9.73 Å².